The van der Waals surface area contributed by atoms with Crippen LogP contribution in [-0.2, 0) is 11.3 Å². The molecule has 1 aliphatic heterocycles. The summed E-state index contributed by atoms with van der Waals surface area (Å²) in [5, 5.41) is 0. The zero-order chi connectivity index (χ0) is 15.5. The molecule has 4 nitrogen and oxygen atoms in total. The normalized spacial score (nSPS) is 13.7. The number of hydrogen-bond donors (Lipinski definition) is 0. The van der Waals surface area contributed by atoms with E-state index in [1.165, 1.54) is 0 Å². The summed E-state index contributed by atoms with van der Waals surface area (Å²) in [5.74, 6) is 0.237. The lowest BCUT2D eigenvalue weighted by Gasteiger charge is -2.24. The Morgan fingerprint density at radius 1 is 1.29 bits per heavy atom. The number of amides is 1. The van der Waals surface area contributed by atoms with Gasteiger partial charge in [0.1, 0.15) is 19.8 Å². The number of alkyl halides is 3. The monoisotopic (exact) mass is 301 g/mol. The van der Waals surface area contributed by atoms with E-state index in [1.54, 1.807) is 18.2 Å². The second kappa shape index (κ2) is 6.07. The number of ether oxygens (including phenoxy) is 2. The third-order valence-electron chi connectivity index (χ3n) is 2.84. The Hall–Kier alpha value is -2.18. The van der Waals surface area contributed by atoms with Gasteiger partial charge in [-0.05, 0) is 23.8 Å². The third-order valence-corrected chi connectivity index (χ3v) is 2.84. The van der Waals surface area contributed by atoms with E-state index in [1.807, 2.05) is 0 Å². The zero-order valence-electron chi connectivity index (χ0n) is 11.2. The van der Waals surface area contributed by atoms with Crippen molar-refractivity contribution >= 4 is 5.91 Å². The molecule has 0 N–H and O–H groups in total. The van der Waals surface area contributed by atoms with E-state index in [4.69, 9.17) is 9.47 Å². The van der Waals surface area contributed by atoms with E-state index in [9.17, 15) is 18.0 Å². The molecule has 0 bridgehead atoms. The molecule has 0 saturated carbocycles. The first kappa shape index (κ1) is 15.2. The van der Waals surface area contributed by atoms with E-state index < -0.39 is 18.6 Å². The van der Waals surface area contributed by atoms with Crippen LogP contribution in [0.15, 0.2) is 30.9 Å². The van der Waals surface area contributed by atoms with Gasteiger partial charge in [-0.3, -0.25) is 4.79 Å². The average Bonchev–Trinajstić information content (AvgIpc) is 2.44. The second-order valence-corrected chi connectivity index (χ2v) is 4.49. The van der Waals surface area contributed by atoms with Crippen LogP contribution in [0.3, 0.4) is 0 Å². The Morgan fingerprint density at radius 3 is 2.57 bits per heavy atom. The van der Waals surface area contributed by atoms with Crippen molar-refractivity contribution in [2.45, 2.75) is 12.7 Å². The van der Waals surface area contributed by atoms with Crippen LogP contribution in [-0.4, -0.2) is 36.7 Å². The fraction of sp³-hybridized carbons (Fsp3) is 0.357. The lowest BCUT2D eigenvalue weighted by molar-refractivity contribution is -0.159. The highest BCUT2D eigenvalue weighted by molar-refractivity contribution is 5.87. The molecule has 0 radical (unpaired) electrons. The van der Waals surface area contributed by atoms with Gasteiger partial charge in [0.15, 0.2) is 11.5 Å². The molecule has 21 heavy (non-hydrogen) atoms. The highest BCUT2D eigenvalue weighted by Gasteiger charge is 2.32. The van der Waals surface area contributed by atoms with E-state index >= 15 is 0 Å². The van der Waals surface area contributed by atoms with E-state index in [-0.39, 0.29) is 6.54 Å². The number of rotatable bonds is 4. The van der Waals surface area contributed by atoms with Crippen molar-refractivity contribution in [2.24, 2.45) is 0 Å². The summed E-state index contributed by atoms with van der Waals surface area (Å²) >= 11 is 0. The summed E-state index contributed by atoms with van der Waals surface area (Å²) in [6.45, 7) is 2.53. The molecular formula is C14H14F3NO3. The molecule has 0 aliphatic carbocycles. The quantitative estimate of drug-likeness (QED) is 0.802. The minimum absolute atomic E-state index is 0.180. The molecule has 114 valence electrons. The maximum atomic E-state index is 12.5. The maximum absolute atomic E-state index is 12.5. The maximum Gasteiger partial charge on any atom is 0.406 e. The average molecular weight is 301 g/mol. The smallest absolute Gasteiger partial charge is 0.406 e. The minimum Gasteiger partial charge on any atom is -0.486 e. The predicted molar refractivity (Wildman–Crippen MR) is 69.1 cm³/mol. The molecule has 0 spiro atoms. The predicted octanol–water partition coefficient (Wildman–Crippen LogP) is 2.53. The number of fused-ring (bicyclic) bond motifs is 1. The fourth-order valence-electron chi connectivity index (χ4n) is 1.96. The van der Waals surface area contributed by atoms with Gasteiger partial charge in [-0.2, -0.15) is 13.2 Å². The van der Waals surface area contributed by atoms with Crippen molar-refractivity contribution < 1.29 is 27.4 Å². The van der Waals surface area contributed by atoms with Crippen LogP contribution >= 0.6 is 0 Å². The summed E-state index contributed by atoms with van der Waals surface area (Å²) in [6.07, 6.45) is -3.60. The van der Waals surface area contributed by atoms with Crippen molar-refractivity contribution in [2.75, 3.05) is 19.8 Å². The second-order valence-electron chi connectivity index (χ2n) is 4.49. The van der Waals surface area contributed by atoms with Crippen molar-refractivity contribution in [3.05, 3.63) is 36.4 Å². The Labute approximate surface area is 119 Å². The fourth-order valence-corrected chi connectivity index (χ4v) is 1.96. The standard InChI is InChI=1S/C14H14F3NO3/c1-2-13(19)18(9-14(15,16)17)8-10-3-4-11-12(7-10)21-6-5-20-11/h2-4,7H,1,5-6,8-9H2. The molecule has 1 aromatic rings. The van der Waals surface area contributed by atoms with Gasteiger partial charge < -0.3 is 14.4 Å². The van der Waals surface area contributed by atoms with Gasteiger partial charge in [0.2, 0.25) is 5.91 Å². The van der Waals surface area contributed by atoms with Crippen LogP contribution < -0.4 is 9.47 Å². The van der Waals surface area contributed by atoms with Crippen LogP contribution in [0.5, 0.6) is 11.5 Å². The van der Waals surface area contributed by atoms with Crippen LogP contribution in [0.2, 0.25) is 0 Å². The minimum atomic E-state index is -4.47. The summed E-state index contributed by atoms with van der Waals surface area (Å²) in [4.78, 5) is 12.2. The van der Waals surface area contributed by atoms with E-state index in [0.29, 0.717) is 35.2 Å². The molecule has 1 aromatic carbocycles. The Balaban J connectivity index is 2.16. The molecule has 0 saturated heterocycles. The number of carbonyl (C=O) groups is 1. The Morgan fingerprint density at radius 2 is 1.95 bits per heavy atom. The SMILES string of the molecule is C=CC(=O)N(Cc1ccc2c(c1)OCCO2)CC(F)(F)F. The summed E-state index contributed by atoms with van der Waals surface area (Å²) < 4.78 is 48.2. The van der Waals surface area contributed by atoms with Crippen LogP contribution in [0, 0.1) is 0 Å². The molecular weight excluding hydrogens is 287 g/mol. The van der Waals surface area contributed by atoms with Gasteiger partial charge in [0.25, 0.3) is 0 Å². The van der Waals surface area contributed by atoms with Crippen LogP contribution in [0.1, 0.15) is 5.56 Å². The summed E-state index contributed by atoms with van der Waals surface area (Å²) in [5.41, 5.74) is 0.527. The van der Waals surface area contributed by atoms with Crippen molar-refractivity contribution in [3.63, 3.8) is 0 Å². The summed E-state index contributed by atoms with van der Waals surface area (Å²) in [7, 11) is 0. The molecule has 2 rings (SSSR count). The largest absolute Gasteiger partial charge is 0.486 e. The van der Waals surface area contributed by atoms with E-state index in [0.717, 1.165) is 6.08 Å². The number of halogens is 3. The van der Waals surface area contributed by atoms with Gasteiger partial charge in [0.05, 0.1) is 0 Å². The molecule has 1 amide bonds. The third kappa shape index (κ3) is 4.14. The van der Waals surface area contributed by atoms with Gasteiger partial charge in [0, 0.05) is 6.54 Å². The van der Waals surface area contributed by atoms with Gasteiger partial charge >= 0.3 is 6.18 Å². The Bertz CT molecular complexity index is 543. The van der Waals surface area contributed by atoms with Gasteiger partial charge in [-0.15, -0.1) is 0 Å². The first-order chi connectivity index (χ1) is 9.89. The number of hydrogen-bond acceptors (Lipinski definition) is 3. The van der Waals surface area contributed by atoms with Crippen molar-refractivity contribution in [1.29, 1.82) is 0 Å². The summed E-state index contributed by atoms with van der Waals surface area (Å²) in [6, 6.07) is 4.80. The van der Waals surface area contributed by atoms with Crippen LogP contribution in [0.25, 0.3) is 0 Å². The van der Waals surface area contributed by atoms with E-state index in [2.05, 4.69) is 6.58 Å². The molecule has 7 heteroatoms. The van der Waals surface area contributed by atoms with Gasteiger partial charge in [-0.1, -0.05) is 12.6 Å². The lowest BCUT2D eigenvalue weighted by Crippen LogP contribution is -2.37. The molecule has 1 aliphatic rings. The molecule has 1 heterocycles. The highest BCUT2D eigenvalue weighted by atomic mass is 19.4. The number of nitrogens with zero attached hydrogens (tertiary/aromatic N) is 1. The molecule has 0 aromatic heterocycles. The topological polar surface area (TPSA) is 38.8 Å². The lowest BCUT2D eigenvalue weighted by atomic mass is 10.1. The van der Waals surface area contributed by atoms with Crippen molar-refractivity contribution in [1.82, 2.24) is 4.90 Å². The van der Waals surface area contributed by atoms with Crippen molar-refractivity contribution in [3.8, 4) is 11.5 Å². The molecule has 0 fully saturated rings. The number of carbonyl (C=O) groups excluding carboxylic acids is 1. The number of benzene rings is 1. The first-order valence-electron chi connectivity index (χ1n) is 6.25. The first-order valence-corrected chi connectivity index (χ1v) is 6.25. The zero-order valence-corrected chi connectivity index (χ0v) is 11.2. The van der Waals surface area contributed by atoms with Crippen LogP contribution in [0.4, 0.5) is 13.2 Å². The Kier molecular flexibility index (Phi) is 4.40. The molecule has 0 unspecified atom stereocenters. The molecule has 0 atom stereocenters. The highest BCUT2D eigenvalue weighted by Crippen LogP contribution is 2.31. The van der Waals surface area contributed by atoms with Gasteiger partial charge in [-0.25, -0.2) is 0 Å².